The summed E-state index contributed by atoms with van der Waals surface area (Å²) in [6.07, 6.45) is 0.576. The lowest BCUT2D eigenvalue weighted by Gasteiger charge is -1.89. The number of carbonyl (C=O) groups is 1. The van der Waals surface area contributed by atoms with E-state index in [9.17, 15) is 9.70 Å². The molecule has 1 rings (SSSR count). The highest BCUT2D eigenvalue weighted by Crippen LogP contribution is 2.14. The molecule has 0 bridgehead atoms. The monoisotopic (exact) mass is 170 g/mol. The standard InChI is InChI=1S/C7H4ClNO2/c8-6-1-2-7(9-11)5(3-6)4-10/h1-4H/p+1. The summed E-state index contributed by atoms with van der Waals surface area (Å²) < 4.78 is 0. The summed E-state index contributed by atoms with van der Waals surface area (Å²) in [5.74, 6) is 0. The third-order valence-electron chi connectivity index (χ3n) is 1.25. The van der Waals surface area contributed by atoms with Gasteiger partial charge in [-0.15, -0.1) is 0 Å². The number of hydrogen-bond acceptors (Lipinski definition) is 2. The van der Waals surface area contributed by atoms with Gasteiger partial charge in [0, 0.05) is 21.2 Å². The lowest BCUT2D eigenvalue weighted by molar-refractivity contribution is -0.379. The largest absolute Gasteiger partial charge is 0.298 e. The predicted molar refractivity (Wildman–Crippen MR) is 40.8 cm³/mol. The first-order valence-electron chi connectivity index (χ1n) is 2.91. The van der Waals surface area contributed by atoms with Crippen LogP contribution in [0, 0.1) is 4.91 Å². The van der Waals surface area contributed by atoms with E-state index in [0.717, 1.165) is 0 Å². The Morgan fingerprint density at radius 1 is 1.45 bits per heavy atom. The van der Waals surface area contributed by atoms with E-state index in [4.69, 9.17) is 11.6 Å². The van der Waals surface area contributed by atoms with Gasteiger partial charge in [0.05, 0.1) is 5.56 Å². The van der Waals surface area contributed by atoms with Crippen LogP contribution in [0.25, 0.3) is 0 Å². The summed E-state index contributed by atoms with van der Waals surface area (Å²) in [4.78, 5) is 20.5. The number of halogens is 1. The summed E-state index contributed by atoms with van der Waals surface area (Å²) in [5.41, 5.74) is 0.511. The highest BCUT2D eigenvalue weighted by atomic mass is 35.5. The van der Waals surface area contributed by atoms with Crippen molar-refractivity contribution in [3.8, 4) is 0 Å². The fraction of sp³-hybridized carbons (Fsp3) is 0. The van der Waals surface area contributed by atoms with Gasteiger partial charge in [0.15, 0.2) is 6.29 Å². The summed E-state index contributed by atoms with van der Waals surface area (Å²) >= 11 is 5.56. The maximum absolute atomic E-state index is 10.3. The van der Waals surface area contributed by atoms with Gasteiger partial charge >= 0.3 is 0 Å². The van der Waals surface area contributed by atoms with E-state index in [1.165, 1.54) is 18.2 Å². The lowest BCUT2D eigenvalue weighted by atomic mass is 10.2. The molecule has 0 unspecified atom stereocenters. The minimum Gasteiger partial charge on any atom is -0.298 e. The van der Waals surface area contributed by atoms with Crippen molar-refractivity contribution in [2.75, 3.05) is 0 Å². The van der Waals surface area contributed by atoms with Crippen LogP contribution in [0.15, 0.2) is 18.2 Å². The maximum Gasteiger partial charge on any atom is 0.263 e. The van der Waals surface area contributed by atoms with Crippen LogP contribution in [0.4, 0.5) is 5.69 Å². The Morgan fingerprint density at radius 3 is 2.73 bits per heavy atom. The fourth-order valence-corrected chi connectivity index (χ4v) is 0.905. The molecule has 0 atom stereocenters. The Balaban J connectivity index is 3.26. The van der Waals surface area contributed by atoms with E-state index < -0.39 is 0 Å². The molecule has 3 nitrogen and oxygen atoms in total. The van der Waals surface area contributed by atoms with Crippen LogP contribution in [-0.4, -0.2) is 6.29 Å². The van der Waals surface area contributed by atoms with Crippen molar-refractivity contribution < 1.29 is 9.97 Å². The highest BCUT2D eigenvalue weighted by Gasteiger charge is 2.06. The molecule has 0 saturated heterocycles. The number of carbonyl (C=O) groups excluding carboxylic acids is 1. The molecule has 0 aliphatic carbocycles. The first-order chi connectivity index (χ1) is 5.27. The minimum atomic E-state index is 0.240. The predicted octanol–water partition coefficient (Wildman–Crippen LogP) is 0.631. The Hall–Kier alpha value is -1.22. The van der Waals surface area contributed by atoms with Gasteiger partial charge in [0.1, 0.15) is 0 Å². The van der Waals surface area contributed by atoms with Gasteiger partial charge in [0.2, 0.25) is 0 Å². The van der Waals surface area contributed by atoms with Crippen LogP contribution in [0.5, 0.6) is 0 Å². The van der Waals surface area contributed by atoms with E-state index in [2.05, 4.69) is 0 Å². The summed E-state index contributed by atoms with van der Waals surface area (Å²) in [6, 6.07) is 4.42. The molecule has 0 fully saturated rings. The van der Waals surface area contributed by atoms with Crippen molar-refractivity contribution in [2.45, 2.75) is 0 Å². The fourth-order valence-electron chi connectivity index (χ4n) is 0.724. The summed E-state index contributed by atoms with van der Waals surface area (Å²) in [7, 11) is 0. The zero-order valence-electron chi connectivity index (χ0n) is 5.50. The average Bonchev–Trinajstić information content (AvgIpc) is 2.04. The molecule has 0 spiro atoms. The summed E-state index contributed by atoms with van der Waals surface area (Å²) in [6.45, 7) is 0. The maximum atomic E-state index is 10.3. The Kier molecular flexibility index (Phi) is 2.33. The molecule has 1 aromatic rings. The molecule has 0 saturated carbocycles. The van der Waals surface area contributed by atoms with Crippen molar-refractivity contribution in [1.82, 2.24) is 0 Å². The number of hydrogen-bond donors (Lipinski definition) is 1. The van der Waals surface area contributed by atoms with E-state index >= 15 is 0 Å². The van der Waals surface area contributed by atoms with Crippen LogP contribution in [-0.2, 0) is 0 Å². The topological polar surface area (TPSA) is 48.1 Å². The second-order valence-electron chi connectivity index (χ2n) is 1.95. The van der Waals surface area contributed by atoms with Crippen molar-refractivity contribution >= 4 is 23.6 Å². The lowest BCUT2D eigenvalue weighted by Crippen LogP contribution is -2.56. The van der Waals surface area contributed by atoms with Crippen LogP contribution in [0.1, 0.15) is 10.4 Å². The van der Waals surface area contributed by atoms with Crippen LogP contribution in [0.3, 0.4) is 0 Å². The van der Waals surface area contributed by atoms with E-state index in [-0.39, 0.29) is 11.3 Å². The molecule has 56 valence electrons. The van der Waals surface area contributed by atoms with E-state index in [1.807, 2.05) is 0 Å². The van der Waals surface area contributed by atoms with Gasteiger partial charge in [-0.3, -0.25) is 4.79 Å². The first-order valence-corrected chi connectivity index (χ1v) is 3.28. The molecule has 0 heterocycles. The van der Waals surface area contributed by atoms with Gasteiger partial charge in [0.25, 0.3) is 5.69 Å². The van der Waals surface area contributed by atoms with Gasteiger partial charge < -0.3 is 0 Å². The van der Waals surface area contributed by atoms with Crippen molar-refractivity contribution in [2.24, 2.45) is 0 Å². The first kappa shape index (κ1) is 7.88. The molecule has 0 radical (unpaired) electrons. The Morgan fingerprint density at radius 2 is 2.18 bits per heavy atom. The molecular weight excluding hydrogens is 166 g/mol. The van der Waals surface area contributed by atoms with Crippen molar-refractivity contribution in [3.05, 3.63) is 33.7 Å². The van der Waals surface area contributed by atoms with E-state index in [1.54, 1.807) is 5.18 Å². The van der Waals surface area contributed by atoms with Crippen LogP contribution in [0.2, 0.25) is 5.02 Å². The number of nitroso groups, excluding NO2 is 1. The van der Waals surface area contributed by atoms with Crippen LogP contribution >= 0.6 is 11.6 Å². The molecule has 1 aromatic carbocycles. The number of rotatable bonds is 2. The van der Waals surface area contributed by atoms with Crippen molar-refractivity contribution in [3.63, 3.8) is 0 Å². The summed E-state index contributed by atoms with van der Waals surface area (Å²) in [5, 5.41) is 2.07. The molecule has 0 aliphatic heterocycles. The zero-order chi connectivity index (χ0) is 8.27. The molecule has 1 N–H and O–H groups in total. The number of nitrogens with one attached hydrogen (secondary N) is 1. The van der Waals surface area contributed by atoms with E-state index in [0.29, 0.717) is 11.3 Å². The molecule has 11 heavy (non-hydrogen) atoms. The minimum absolute atomic E-state index is 0.240. The average molecular weight is 171 g/mol. The quantitative estimate of drug-likeness (QED) is 0.662. The zero-order valence-corrected chi connectivity index (χ0v) is 6.26. The second-order valence-corrected chi connectivity index (χ2v) is 2.39. The molecule has 0 aromatic heterocycles. The molecule has 0 amide bonds. The van der Waals surface area contributed by atoms with Gasteiger partial charge in [-0.1, -0.05) is 11.6 Å². The molecular formula is C7H5ClNO2+. The SMILES string of the molecule is O=Cc1cc(Cl)ccc1[NH+]=O. The smallest absolute Gasteiger partial charge is 0.263 e. The number of aldehydes is 1. The third-order valence-corrected chi connectivity index (χ3v) is 1.49. The Bertz CT molecular complexity index is 298. The van der Waals surface area contributed by atoms with Gasteiger partial charge in [-0.05, 0) is 12.1 Å². The van der Waals surface area contributed by atoms with Gasteiger partial charge in [-0.2, -0.15) is 0 Å². The molecule has 0 aliphatic rings. The van der Waals surface area contributed by atoms with Crippen molar-refractivity contribution in [1.29, 1.82) is 0 Å². The van der Waals surface area contributed by atoms with Crippen LogP contribution < -0.4 is 5.18 Å². The number of benzene rings is 1. The Labute approximate surface area is 68.0 Å². The normalized spacial score (nSPS) is 9.18. The highest BCUT2D eigenvalue weighted by molar-refractivity contribution is 6.30. The second kappa shape index (κ2) is 3.25. The third kappa shape index (κ3) is 1.62. The van der Waals surface area contributed by atoms with Gasteiger partial charge in [-0.25, -0.2) is 0 Å². The molecule has 4 heteroatoms.